The van der Waals surface area contributed by atoms with E-state index in [-0.39, 0.29) is 11.3 Å². The number of nitrogens with one attached hydrogen (secondary N) is 1. The first-order chi connectivity index (χ1) is 13.3. The zero-order valence-electron chi connectivity index (χ0n) is 15.4. The smallest absolute Gasteiger partial charge is 0.335 e. The highest BCUT2D eigenvalue weighted by Gasteiger charge is 2.37. The molecule has 1 aliphatic heterocycles. The molecule has 2 aromatic rings. The van der Waals surface area contributed by atoms with E-state index in [1.165, 1.54) is 26.4 Å². The Balaban J connectivity index is 2.07. The summed E-state index contributed by atoms with van der Waals surface area (Å²) in [6.07, 6.45) is 1.36. The molecular formula is C20H17ClN2O5. The van der Waals surface area contributed by atoms with E-state index in [0.717, 1.165) is 10.5 Å². The Hall–Kier alpha value is -3.32. The lowest BCUT2D eigenvalue weighted by Crippen LogP contribution is -2.54. The maximum atomic E-state index is 13.0. The minimum Gasteiger partial charge on any atom is -0.497 e. The lowest BCUT2D eigenvalue weighted by Gasteiger charge is -2.26. The van der Waals surface area contributed by atoms with Crippen LogP contribution in [0.2, 0.25) is 5.02 Å². The van der Waals surface area contributed by atoms with Gasteiger partial charge in [-0.3, -0.25) is 14.9 Å². The first-order valence-corrected chi connectivity index (χ1v) is 8.63. The van der Waals surface area contributed by atoms with Gasteiger partial charge in [-0.2, -0.15) is 0 Å². The number of benzene rings is 2. The quantitative estimate of drug-likeness (QED) is 0.628. The number of rotatable bonds is 4. The topological polar surface area (TPSA) is 84.9 Å². The van der Waals surface area contributed by atoms with Crippen LogP contribution in [0.25, 0.3) is 6.08 Å². The Labute approximate surface area is 166 Å². The van der Waals surface area contributed by atoms with Gasteiger partial charge in [0, 0.05) is 10.6 Å². The molecule has 0 aliphatic carbocycles. The number of nitrogens with zero attached hydrogens (tertiary/aromatic N) is 1. The van der Waals surface area contributed by atoms with Crippen molar-refractivity contribution in [1.82, 2.24) is 5.32 Å². The summed E-state index contributed by atoms with van der Waals surface area (Å²) in [5.74, 6) is -0.599. The number of carbonyl (C=O) groups is 3. The molecule has 0 radical (unpaired) electrons. The van der Waals surface area contributed by atoms with Gasteiger partial charge in [-0.15, -0.1) is 0 Å². The van der Waals surface area contributed by atoms with Gasteiger partial charge in [0.1, 0.15) is 17.1 Å². The van der Waals surface area contributed by atoms with E-state index in [2.05, 4.69) is 5.32 Å². The van der Waals surface area contributed by atoms with Crippen molar-refractivity contribution in [1.29, 1.82) is 0 Å². The Morgan fingerprint density at radius 1 is 1.04 bits per heavy atom. The molecule has 8 heteroatoms. The number of anilines is 1. The average molecular weight is 401 g/mol. The summed E-state index contributed by atoms with van der Waals surface area (Å²) in [5.41, 5.74) is 1.29. The molecule has 1 fully saturated rings. The van der Waals surface area contributed by atoms with Crippen LogP contribution in [-0.4, -0.2) is 32.1 Å². The van der Waals surface area contributed by atoms with E-state index in [1.54, 1.807) is 37.3 Å². The molecule has 1 N–H and O–H groups in total. The highest BCUT2D eigenvalue weighted by Crippen LogP contribution is 2.29. The number of amides is 4. The van der Waals surface area contributed by atoms with Crippen LogP contribution in [0.5, 0.6) is 11.5 Å². The fourth-order valence-corrected chi connectivity index (χ4v) is 2.90. The van der Waals surface area contributed by atoms with Crippen molar-refractivity contribution in [3.63, 3.8) is 0 Å². The minimum absolute atomic E-state index is 0.220. The molecule has 0 bridgehead atoms. The standard InChI is InChI=1S/C20H17ClN2O5/c1-11-4-5-13(10-16(11)21)23-19(25)15(18(24)22-20(23)26)9-12-8-14(27-2)6-7-17(12)28-3/h4-10H,1-3H3,(H,22,24,26). The van der Waals surface area contributed by atoms with E-state index in [1.807, 2.05) is 0 Å². The molecule has 1 heterocycles. The molecule has 2 aromatic carbocycles. The van der Waals surface area contributed by atoms with Gasteiger partial charge >= 0.3 is 6.03 Å². The second-order valence-electron chi connectivity index (χ2n) is 6.00. The predicted molar refractivity (Wildman–Crippen MR) is 105 cm³/mol. The summed E-state index contributed by atoms with van der Waals surface area (Å²) < 4.78 is 10.5. The highest BCUT2D eigenvalue weighted by molar-refractivity contribution is 6.39. The van der Waals surface area contributed by atoms with E-state index in [4.69, 9.17) is 21.1 Å². The molecular weight excluding hydrogens is 384 g/mol. The van der Waals surface area contributed by atoms with Crippen LogP contribution in [-0.2, 0) is 9.59 Å². The van der Waals surface area contributed by atoms with Crippen molar-refractivity contribution in [3.05, 3.63) is 58.1 Å². The molecule has 7 nitrogen and oxygen atoms in total. The van der Waals surface area contributed by atoms with Crippen molar-refractivity contribution in [2.75, 3.05) is 19.1 Å². The van der Waals surface area contributed by atoms with Crippen molar-refractivity contribution in [3.8, 4) is 11.5 Å². The van der Waals surface area contributed by atoms with Gasteiger partial charge in [-0.25, -0.2) is 9.69 Å². The van der Waals surface area contributed by atoms with Gasteiger partial charge in [0.05, 0.1) is 19.9 Å². The minimum atomic E-state index is -0.843. The van der Waals surface area contributed by atoms with Crippen molar-refractivity contribution >= 4 is 41.2 Å². The van der Waals surface area contributed by atoms with E-state index in [0.29, 0.717) is 22.1 Å². The van der Waals surface area contributed by atoms with Crippen LogP contribution in [0.3, 0.4) is 0 Å². The maximum absolute atomic E-state index is 13.0. The average Bonchev–Trinajstić information content (AvgIpc) is 2.67. The summed E-state index contributed by atoms with van der Waals surface area (Å²) >= 11 is 6.11. The number of halogens is 1. The Bertz CT molecular complexity index is 1020. The van der Waals surface area contributed by atoms with E-state index in [9.17, 15) is 14.4 Å². The summed E-state index contributed by atoms with van der Waals surface area (Å²) in [4.78, 5) is 38.4. The number of methoxy groups -OCH3 is 2. The summed E-state index contributed by atoms with van der Waals surface area (Å²) in [6, 6.07) is 8.88. The summed E-state index contributed by atoms with van der Waals surface area (Å²) in [7, 11) is 2.97. The van der Waals surface area contributed by atoms with Gasteiger partial charge < -0.3 is 9.47 Å². The molecule has 3 rings (SSSR count). The number of imide groups is 2. The summed E-state index contributed by atoms with van der Waals surface area (Å²) in [5, 5.41) is 2.57. The second kappa shape index (κ2) is 7.74. The zero-order valence-corrected chi connectivity index (χ0v) is 16.2. The highest BCUT2D eigenvalue weighted by atomic mass is 35.5. The van der Waals surface area contributed by atoms with Gasteiger partial charge in [-0.1, -0.05) is 17.7 Å². The van der Waals surface area contributed by atoms with Crippen LogP contribution in [0.1, 0.15) is 11.1 Å². The van der Waals surface area contributed by atoms with Crippen LogP contribution in [0.15, 0.2) is 42.0 Å². The number of urea groups is 1. The number of ether oxygens (including phenoxy) is 2. The Kier molecular flexibility index (Phi) is 5.37. The van der Waals surface area contributed by atoms with Crippen molar-refractivity contribution in [2.45, 2.75) is 6.92 Å². The lowest BCUT2D eigenvalue weighted by molar-refractivity contribution is -0.122. The third-order valence-corrected chi connectivity index (χ3v) is 4.66. The van der Waals surface area contributed by atoms with E-state index >= 15 is 0 Å². The molecule has 0 atom stereocenters. The molecule has 0 saturated carbocycles. The van der Waals surface area contributed by atoms with Crippen molar-refractivity contribution in [2.24, 2.45) is 0 Å². The fourth-order valence-electron chi connectivity index (χ4n) is 2.72. The maximum Gasteiger partial charge on any atom is 0.335 e. The predicted octanol–water partition coefficient (Wildman–Crippen LogP) is 3.33. The zero-order chi connectivity index (χ0) is 20.4. The number of hydrogen-bond donors (Lipinski definition) is 1. The molecule has 0 spiro atoms. The number of aryl methyl sites for hydroxylation is 1. The van der Waals surface area contributed by atoms with Gasteiger partial charge in [0.25, 0.3) is 11.8 Å². The molecule has 4 amide bonds. The third kappa shape index (κ3) is 3.57. The van der Waals surface area contributed by atoms with Crippen LogP contribution in [0.4, 0.5) is 10.5 Å². The Morgan fingerprint density at radius 2 is 1.79 bits per heavy atom. The first kappa shape index (κ1) is 19.4. The summed E-state index contributed by atoms with van der Waals surface area (Å²) in [6.45, 7) is 1.80. The van der Waals surface area contributed by atoms with Gasteiger partial charge in [-0.05, 0) is 48.9 Å². The normalized spacial score (nSPS) is 15.6. The van der Waals surface area contributed by atoms with Crippen LogP contribution in [0, 0.1) is 6.92 Å². The fraction of sp³-hybridized carbons (Fsp3) is 0.150. The SMILES string of the molecule is COc1ccc(OC)c(C=C2C(=O)NC(=O)N(c3ccc(C)c(Cl)c3)C2=O)c1. The molecule has 0 unspecified atom stereocenters. The monoisotopic (exact) mass is 400 g/mol. The largest absolute Gasteiger partial charge is 0.497 e. The van der Waals surface area contributed by atoms with Crippen LogP contribution >= 0.6 is 11.6 Å². The molecule has 0 aromatic heterocycles. The van der Waals surface area contributed by atoms with E-state index < -0.39 is 17.8 Å². The second-order valence-corrected chi connectivity index (χ2v) is 6.41. The number of hydrogen-bond acceptors (Lipinski definition) is 5. The van der Waals surface area contributed by atoms with Gasteiger partial charge in [0.2, 0.25) is 0 Å². The molecule has 1 saturated heterocycles. The first-order valence-electron chi connectivity index (χ1n) is 8.25. The molecule has 28 heavy (non-hydrogen) atoms. The third-order valence-electron chi connectivity index (χ3n) is 4.25. The van der Waals surface area contributed by atoms with Crippen molar-refractivity contribution < 1.29 is 23.9 Å². The Morgan fingerprint density at radius 3 is 2.43 bits per heavy atom. The lowest BCUT2D eigenvalue weighted by atomic mass is 10.1. The molecule has 144 valence electrons. The number of barbiturate groups is 1. The van der Waals surface area contributed by atoms with Gasteiger partial charge in [0.15, 0.2) is 0 Å². The number of carbonyl (C=O) groups excluding carboxylic acids is 3. The molecule has 1 aliphatic rings. The van der Waals surface area contributed by atoms with Crippen LogP contribution < -0.4 is 19.7 Å².